The van der Waals surface area contributed by atoms with Gasteiger partial charge in [-0.3, -0.25) is 9.59 Å². The quantitative estimate of drug-likeness (QED) is 0.688. The second kappa shape index (κ2) is 8.90. The van der Waals surface area contributed by atoms with E-state index in [2.05, 4.69) is 18.2 Å². The number of anilines is 1. The minimum absolute atomic E-state index is 0.00690. The third-order valence-corrected chi connectivity index (χ3v) is 7.46. The van der Waals surface area contributed by atoms with Gasteiger partial charge in [0.15, 0.2) is 0 Å². The SMILES string of the molecule is CN(C)C(=O)CN1CC(C(=O)N2CCC(c3cccc4c3OCC4)CC2)c2ccc(Cl)cc21. The van der Waals surface area contributed by atoms with E-state index in [1.165, 1.54) is 11.1 Å². The lowest BCUT2D eigenvalue weighted by Gasteiger charge is -2.34. The summed E-state index contributed by atoms with van der Waals surface area (Å²) >= 11 is 6.25. The summed E-state index contributed by atoms with van der Waals surface area (Å²) in [5.74, 6) is 1.38. The molecule has 3 heterocycles. The van der Waals surface area contributed by atoms with E-state index in [0.29, 0.717) is 17.5 Å². The average molecular weight is 468 g/mol. The van der Waals surface area contributed by atoms with Crippen LogP contribution in [0, 0.1) is 0 Å². The van der Waals surface area contributed by atoms with E-state index in [1.807, 2.05) is 28.0 Å². The monoisotopic (exact) mass is 467 g/mol. The standard InChI is InChI=1S/C26H30ClN3O3/c1-28(2)24(31)16-30-15-22(21-7-6-19(27)14-23(21)30)26(32)29-11-8-17(9-12-29)20-5-3-4-18-10-13-33-25(18)20/h3-7,14,17,22H,8-13,15-16H2,1-2H3. The van der Waals surface area contributed by atoms with E-state index >= 15 is 0 Å². The predicted molar refractivity (Wildman–Crippen MR) is 129 cm³/mol. The molecular formula is C26H30ClN3O3. The Bertz CT molecular complexity index is 1080. The van der Waals surface area contributed by atoms with Gasteiger partial charge >= 0.3 is 0 Å². The smallest absolute Gasteiger partial charge is 0.241 e. The minimum Gasteiger partial charge on any atom is -0.493 e. The molecule has 6 nitrogen and oxygen atoms in total. The maximum Gasteiger partial charge on any atom is 0.241 e. The van der Waals surface area contributed by atoms with Crippen molar-refractivity contribution in [3.63, 3.8) is 0 Å². The lowest BCUT2D eigenvalue weighted by atomic mass is 9.87. The van der Waals surface area contributed by atoms with E-state index in [0.717, 1.165) is 56.0 Å². The molecule has 0 aromatic heterocycles. The van der Waals surface area contributed by atoms with Crippen molar-refractivity contribution in [3.05, 3.63) is 58.1 Å². The van der Waals surface area contributed by atoms with Gasteiger partial charge in [-0.2, -0.15) is 0 Å². The number of rotatable bonds is 4. The molecule has 2 aromatic carbocycles. The molecule has 1 unspecified atom stereocenters. The molecule has 7 heteroatoms. The Labute approximate surface area is 200 Å². The van der Waals surface area contributed by atoms with Crippen molar-refractivity contribution >= 4 is 29.1 Å². The Morgan fingerprint density at radius 3 is 2.67 bits per heavy atom. The normalized spacial score (nSPS) is 19.8. The number of para-hydroxylation sites is 1. The van der Waals surface area contributed by atoms with Crippen molar-refractivity contribution in [1.82, 2.24) is 9.80 Å². The molecule has 0 spiro atoms. The number of piperidine rings is 1. The van der Waals surface area contributed by atoms with Crippen molar-refractivity contribution in [2.24, 2.45) is 0 Å². The minimum atomic E-state index is -0.270. The van der Waals surface area contributed by atoms with Gasteiger partial charge < -0.3 is 19.4 Å². The molecule has 3 aliphatic rings. The predicted octanol–water partition coefficient (Wildman–Crippen LogP) is 3.67. The lowest BCUT2D eigenvalue weighted by Crippen LogP contribution is -2.42. The van der Waals surface area contributed by atoms with Crippen LogP contribution in [0.4, 0.5) is 5.69 Å². The number of carbonyl (C=O) groups excluding carboxylic acids is 2. The van der Waals surface area contributed by atoms with E-state index in [1.54, 1.807) is 19.0 Å². The lowest BCUT2D eigenvalue weighted by molar-refractivity contribution is -0.133. The topological polar surface area (TPSA) is 53.1 Å². The third kappa shape index (κ3) is 4.17. The van der Waals surface area contributed by atoms with Gasteiger partial charge in [0.2, 0.25) is 11.8 Å². The molecular weight excluding hydrogens is 438 g/mol. The van der Waals surface area contributed by atoms with Crippen molar-refractivity contribution < 1.29 is 14.3 Å². The van der Waals surface area contributed by atoms with Crippen LogP contribution < -0.4 is 9.64 Å². The van der Waals surface area contributed by atoms with Crippen LogP contribution in [0.3, 0.4) is 0 Å². The Hall–Kier alpha value is -2.73. The summed E-state index contributed by atoms with van der Waals surface area (Å²) in [5.41, 5.74) is 4.46. The number of hydrogen-bond acceptors (Lipinski definition) is 4. The Kier molecular flexibility index (Phi) is 5.95. The molecule has 0 aliphatic carbocycles. The molecule has 5 rings (SSSR count). The summed E-state index contributed by atoms with van der Waals surface area (Å²) in [4.78, 5) is 31.5. The van der Waals surface area contributed by atoms with E-state index in [-0.39, 0.29) is 24.3 Å². The summed E-state index contributed by atoms with van der Waals surface area (Å²) in [6, 6.07) is 12.1. The van der Waals surface area contributed by atoms with Crippen LogP contribution in [0.25, 0.3) is 0 Å². The fourth-order valence-electron chi connectivity index (χ4n) is 5.36. The molecule has 0 radical (unpaired) electrons. The second-order valence-electron chi connectivity index (χ2n) is 9.46. The van der Waals surface area contributed by atoms with Gasteiger partial charge in [-0.15, -0.1) is 0 Å². The molecule has 0 saturated carbocycles. The number of ether oxygens (including phenoxy) is 1. The number of likely N-dealkylation sites (tertiary alicyclic amines) is 1. The van der Waals surface area contributed by atoms with E-state index < -0.39 is 0 Å². The van der Waals surface area contributed by atoms with Crippen LogP contribution in [-0.2, 0) is 16.0 Å². The summed E-state index contributed by atoms with van der Waals surface area (Å²) in [7, 11) is 3.49. The van der Waals surface area contributed by atoms with Crippen molar-refractivity contribution in [2.45, 2.75) is 31.1 Å². The third-order valence-electron chi connectivity index (χ3n) is 7.23. The Morgan fingerprint density at radius 1 is 1.12 bits per heavy atom. The van der Waals surface area contributed by atoms with Crippen LogP contribution in [0.1, 0.15) is 41.4 Å². The zero-order chi connectivity index (χ0) is 23.1. The molecule has 2 aromatic rings. The number of likely N-dealkylation sites (N-methyl/N-ethyl adjacent to an activating group) is 1. The number of benzene rings is 2. The average Bonchev–Trinajstić information content (AvgIpc) is 3.43. The fraction of sp³-hybridized carbons (Fsp3) is 0.462. The summed E-state index contributed by atoms with van der Waals surface area (Å²) in [5, 5.41) is 0.613. The first-order chi connectivity index (χ1) is 15.9. The van der Waals surface area contributed by atoms with Crippen LogP contribution in [-0.4, -0.2) is 68.5 Å². The highest BCUT2D eigenvalue weighted by atomic mass is 35.5. The maximum atomic E-state index is 13.6. The summed E-state index contributed by atoms with van der Waals surface area (Å²) in [6.45, 7) is 2.99. The molecule has 0 bridgehead atoms. The van der Waals surface area contributed by atoms with Gasteiger partial charge in [0, 0.05) is 50.9 Å². The number of hydrogen-bond donors (Lipinski definition) is 0. The fourth-order valence-corrected chi connectivity index (χ4v) is 5.53. The van der Waals surface area contributed by atoms with Crippen molar-refractivity contribution in [1.29, 1.82) is 0 Å². The second-order valence-corrected chi connectivity index (χ2v) is 9.89. The Morgan fingerprint density at radius 2 is 1.91 bits per heavy atom. The van der Waals surface area contributed by atoms with Gasteiger partial charge in [0.1, 0.15) is 5.75 Å². The number of nitrogens with zero attached hydrogens (tertiary/aromatic N) is 3. The molecule has 1 saturated heterocycles. The molecule has 0 N–H and O–H groups in total. The zero-order valence-corrected chi connectivity index (χ0v) is 20.0. The molecule has 174 valence electrons. The number of fused-ring (bicyclic) bond motifs is 2. The van der Waals surface area contributed by atoms with E-state index in [4.69, 9.17) is 16.3 Å². The molecule has 2 amide bonds. The number of amides is 2. The summed E-state index contributed by atoms with van der Waals surface area (Å²) in [6.07, 6.45) is 2.86. The maximum absolute atomic E-state index is 13.6. The van der Waals surface area contributed by atoms with Crippen molar-refractivity contribution in [2.75, 3.05) is 51.8 Å². The van der Waals surface area contributed by atoms with Gasteiger partial charge in [-0.25, -0.2) is 0 Å². The highest BCUT2D eigenvalue weighted by molar-refractivity contribution is 6.31. The van der Waals surface area contributed by atoms with Crippen LogP contribution in [0.2, 0.25) is 5.02 Å². The first kappa shape index (κ1) is 22.1. The first-order valence-electron chi connectivity index (χ1n) is 11.7. The van der Waals surface area contributed by atoms with Crippen LogP contribution >= 0.6 is 11.6 Å². The van der Waals surface area contributed by atoms with Gasteiger partial charge in [0.05, 0.1) is 19.1 Å². The number of carbonyl (C=O) groups is 2. The number of halogens is 1. The highest BCUT2D eigenvalue weighted by Gasteiger charge is 2.38. The van der Waals surface area contributed by atoms with Gasteiger partial charge in [-0.05, 0) is 47.6 Å². The summed E-state index contributed by atoms with van der Waals surface area (Å²) < 4.78 is 5.92. The van der Waals surface area contributed by atoms with Crippen LogP contribution in [0.15, 0.2) is 36.4 Å². The van der Waals surface area contributed by atoms with E-state index in [9.17, 15) is 9.59 Å². The van der Waals surface area contributed by atoms with Gasteiger partial charge in [0.25, 0.3) is 0 Å². The largest absolute Gasteiger partial charge is 0.493 e. The highest BCUT2D eigenvalue weighted by Crippen LogP contribution is 2.41. The molecule has 1 atom stereocenters. The van der Waals surface area contributed by atoms with Crippen LogP contribution in [0.5, 0.6) is 5.75 Å². The zero-order valence-electron chi connectivity index (χ0n) is 19.2. The first-order valence-corrected chi connectivity index (χ1v) is 12.1. The molecule has 1 fully saturated rings. The Balaban J connectivity index is 1.29. The molecule has 33 heavy (non-hydrogen) atoms. The van der Waals surface area contributed by atoms with Gasteiger partial charge in [-0.1, -0.05) is 35.9 Å². The van der Waals surface area contributed by atoms with Crippen molar-refractivity contribution in [3.8, 4) is 5.75 Å². The molecule has 3 aliphatic heterocycles.